The first-order valence-electron chi connectivity index (χ1n) is 6.85. The normalized spacial score (nSPS) is 24.3. The zero-order valence-electron chi connectivity index (χ0n) is 10.9. The third kappa shape index (κ3) is 2.15. The van der Waals surface area contributed by atoms with Gasteiger partial charge in [-0.05, 0) is 43.5 Å². The van der Waals surface area contributed by atoms with Gasteiger partial charge in [-0.2, -0.15) is 0 Å². The summed E-state index contributed by atoms with van der Waals surface area (Å²) < 4.78 is 5.71. The van der Waals surface area contributed by atoms with Gasteiger partial charge in [-0.15, -0.1) is 0 Å². The quantitative estimate of drug-likeness (QED) is 0.862. The van der Waals surface area contributed by atoms with Gasteiger partial charge >= 0.3 is 5.97 Å². The highest BCUT2D eigenvalue weighted by atomic mass is 16.5. The molecule has 1 aliphatic heterocycles. The predicted molar refractivity (Wildman–Crippen MR) is 71.3 cm³/mol. The summed E-state index contributed by atoms with van der Waals surface area (Å²) in [6.07, 6.45) is 2.88. The molecule has 0 unspecified atom stereocenters. The van der Waals surface area contributed by atoms with E-state index in [1.54, 1.807) is 0 Å². The zero-order chi connectivity index (χ0) is 13.3. The number of ether oxygens (including phenoxy) is 1. The summed E-state index contributed by atoms with van der Waals surface area (Å²) in [6.45, 7) is 1.75. The van der Waals surface area contributed by atoms with Crippen LogP contribution >= 0.6 is 0 Å². The molecule has 1 saturated heterocycles. The van der Waals surface area contributed by atoms with Gasteiger partial charge < -0.3 is 15.2 Å². The molecule has 1 spiro atoms. The Hall–Kier alpha value is -1.39. The van der Waals surface area contributed by atoms with E-state index in [4.69, 9.17) is 9.84 Å². The van der Waals surface area contributed by atoms with Gasteiger partial charge in [0.15, 0.2) is 0 Å². The maximum atomic E-state index is 10.8. The molecule has 0 saturated carbocycles. The lowest BCUT2D eigenvalue weighted by Crippen LogP contribution is -2.47. The van der Waals surface area contributed by atoms with E-state index in [9.17, 15) is 4.79 Å². The molecule has 4 heteroatoms. The van der Waals surface area contributed by atoms with E-state index in [1.165, 1.54) is 11.1 Å². The molecular formula is C15H19NO3. The van der Waals surface area contributed by atoms with E-state index in [0.717, 1.165) is 32.4 Å². The molecule has 1 atom stereocenters. The molecule has 19 heavy (non-hydrogen) atoms. The Bertz CT molecular complexity index is 480. The number of hydrogen-bond donors (Lipinski definition) is 2. The van der Waals surface area contributed by atoms with Crippen LogP contribution in [0.1, 0.15) is 24.0 Å². The molecular weight excluding hydrogens is 242 g/mol. The summed E-state index contributed by atoms with van der Waals surface area (Å²) in [6, 6.07) is 8.45. The van der Waals surface area contributed by atoms with Crippen molar-refractivity contribution in [3.8, 4) is 0 Å². The summed E-state index contributed by atoms with van der Waals surface area (Å²) in [7, 11) is 0. The van der Waals surface area contributed by atoms with Gasteiger partial charge in [-0.25, -0.2) is 4.79 Å². The third-order valence-electron chi connectivity index (χ3n) is 4.48. The van der Waals surface area contributed by atoms with Crippen LogP contribution in [0, 0.1) is 0 Å². The minimum absolute atomic E-state index is 0.00287. The number of benzene rings is 1. The number of carboxylic acids is 1. The van der Waals surface area contributed by atoms with Gasteiger partial charge in [-0.1, -0.05) is 24.3 Å². The molecule has 1 heterocycles. The second-order valence-corrected chi connectivity index (χ2v) is 5.46. The molecule has 1 aliphatic carbocycles. The van der Waals surface area contributed by atoms with Crippen LogP contribution in [0.3, 0.4) is 0 Å². The topological polar surface area (TPSA) is 58.6 Å². The highest BCUT2D eigenvalue weighted by Crippen LogP contribution is 2.46. The lowest BCUT2D eigenvalue weighted by molar-refractivity contribution is -0.146. The molecule has 0 bridgehead atoms. The molecule has 1 fully saturated rings. The first kappa shape index (κ1) is 12.6. The Morgan fingerprint density at radius 3 is 2.84 bits per heavy atom. The molecule has 4 nitrogen and oxygen atoms in total. The summed E-state index contributed by atoms with van der Waals surface area (Å²) in [4.78, 5) is 10.8. The van der Waals surface area contributed by atoms with Gasteiger partial charge in [0.25, 0.3) is 0 Å². The lowest BCUT2D eigenvalue weighted by atomic mass is 9.72. The van der Waals surface area contributed by atoms with E-state index in [-0.39, 0.29) is 18.1 Å². The molecule has 2 aliphatic rings. The Balaban J connectivity index is 1.91. The fraction of sp³-hybridized carbons (Fsp3) is 0.533. The highest BCUT2D eigenvalue weighted by molar-refractivity contribution is 5.68. The smallest absolute Gasteiger partial charge is 0.329 e. The van der Waals surface area contributed by atoms with E-state index in [0.29, 0.717) is 0 Å². The van der Waals surface area contributed by atoms with Crippen molar-refractivity contribution in [1.29, 1.82) is 0 Å². The van der Waals surface area contributed by atoms with Crippen molar-refractivity contribution in [2.24, 2.45) is 0 Å². The average molecular weight is 261 g/mol. The fourth-order valence-electron chi connectivity index (χ4n) is 3.61. The molecule has 1 aromatic rings. The SMILES string of the molecule is O=C(O)CO[C@H]1Cc2ccccc2C12CCNCC2. The van der Waals surface area contributed by atoms with Crippen molar-refractivity contribution in [3.05, 3.63) is 35.4 Å². The number of fused-ring (bicyclic) bond motifs is 2. The van der Waals surface area contributed by atoms with Crippen molar-refractivity contribution < 1.29 is 14.6 Å². The van der Waals surface area contributed by atoms with Gasteiger partial charge in [0.05, 0.1) is 6.10 Å². The van der Waals surface area contributed by atoms with E-state index in [1.807, 2.05) is 6.07 Å². The highest BCUT2D eigenvalue weighted by Gasteiger charge is 2.47. The van der Waals surface area contributed by atoms with Gasteiger partial charge in [0.1, 0.15) is 6.61 Å². The lowest BCUT2D eigenvalue weighted by Gasteiger charge is -2.39. The van der Waals surface area contributed by atoms with Crippen molar-refractivity contribution in [3.63, 3.8) is 0 Å². The Morgan fingerprint density at radius 2 is 2.11 bits per heavy atom. The maximum absolute atomic E-state index is 10.8. The van der Waals surface area contributed by atoms with Crippen LogP contribution in [-0.2, 0) is 21.4 Å². The largest absolute Gasteiger partial charge is 0.480 e. The van der Waals surface area contributed by atoms with Gasteiger partial charge in [-0.3, -0.25) is 0 Å². The number of nitrogens with one attached hydrogen (secondary N) is 1. The van der Waals surface area contributed by atoms with Crippen LogP contribution in [0.4, 0.5) is 0 Å². The number of rotatable bonds is 3. The first-order valence-corrected chi connectivity index (χ1v) is 6.85. The molecule has 2 N–H and O–H groups in total. The van der Waals surface area contributed by atoms with Crippen LogP contribution in [0.25, 0.3) is 0 Å². The van der Waals surface area contributed by atoms with Crippen LogP contribution < -0.4 is 5.32 Å². The van der Waals surface area contributed by atoms with Crippen LogP contribution in [0.5, 0.6) is 0 Å². The minimum atomic E-state index is -0.889. The second-order valence-electron chi connectivity index (χ2n) is 5.46. The van der Waals surface area contributed by atoms with Crippen molar-refractivity contribution >= 4 is 5.97 Å². The summed E-state index contributed by atoms with van der Waals surface area (Å²) in [5, 5.41) is 12.2. The van der Waals surface area contributed by atoms with E-state index < -0.39 is 5.97 Å². The molecule has 3 rings (SSSR count). The molecule has 102 valence electrons. The molecule has 1 aromatic carbocycles. The van der Waals surface area contributed by atoms with E-state index in [2.05, 4.69) is 23.5 Å². The van der Waals surface area contributed by atoms with Gasteiger partial charge in [0.2, 0.25) is 0 Å². The van der Waals surface area contributed by atoms with Crippen molar-refractivity contribution in [1.82, 2.24) is 5.32 Å². The average Bonchev–Trinajstić information content (AvgIpc) is 2.72. The van der Waals surface area contributed by atoms with Crippen molar-refractivity contribution in [2.45, 2.75) is 30.8 Å². The van der Waals surface area contributed by atoms with Crippen LogP contribution in [0.2, 0.25) is 0 Å². The minimum Gasteiger partial charge on any atom is -0.480 e. The first-order chi connectivity index (χ1) is 9.22. The zero-order valence-corrected chi connectivity index (χ0v) is 10.9. The Kier molecular flexibility index (Phi) is 3.29. The monoisotopic (exact) mass is 261 g/mol. The van der Waals surface area contributed by atoms with E-state index >= 15 is 0 Å². The van der Waals surface area contributed by atoms with Crippen molar-refractivity contribution in [2.75, 3.05) is 19.7 Å². The number of piperidine rings is 1. The third-order valence-corrected chi connectivity index (χ3v) is 4.48. The molecule has 0 aromatic heterocycles. The Labute approximate surface area is 112 Å². The molecule has 0 amide bonds. The standard InChI is InChI=1S/C15H19NO3/c17-14(18)10-19-13-9-11-3-1-2-4-12(11)15(13)5-7-16-8-6-15/h1-4,13,16H,5-10H2,(H,17,18)/t13-/m0/s1. The number of hydrogen-bond acceptors (Lipinski definition) is 3. The second kappa shape index (κ2) is 4.94. The number of carbonyl (C=O) groups is 1. The number of aliphatic carboxylic acids is 1. The summed E-state index contributed by atoms with van der Waals surface area (Å²) in [5.74, 6) is -0.889. The molecule has 0 radical (unpaired) electrons. The summed E-state index contributed by atoms with van der Waals surface area (Å²) in [5.41, 5.74) is 2.70. The number of carboxylic acid groups (broad SMARTS) is 1. The predicted octanol–water partition coefficient (Wildman–Crippen LogP) is 1.33. The Morgan fingerprint density at radius 1 is 1.37 bits per heavy atom. The fourth-order valence-corrected chi connectivity index (χ4v) is 3.61. The van der Waals surface area contributed by atoms with Gasteiger partial charge in [0, 0.05) is 5.41 Å². The van der Waals surface area contributed by atoms with Crippen LogP contribution in [0.15, 0.2) is 24.3 Å². The van der Waals surface area contributed by atoms with Crippen LogP contribution in [-0.4, -0.2) is 36.9 Å². The maximum Gasteiger partial charge on any atom is 0.329 e. The summed E-state index contributed by atoms with van der Waals surface area (Å²) >= 11 is 0.